The van der Waals surface area contributed by atoms with E-state index in [-0.39, 0.29) is 21.8 Å². The third-order valence-electron chi connectivity index (χ3n) is 4.39. The number of hydrogen-bond acceptors (Lipinski definition) is 9. The Balaban J connectivity index is 1.77. The third-order valence-corrected chi connectivity index (χ3v) is 6.00. The molecule has 0 spiro atoms. The van der Waals surface area contributed by atoms with E-state index in [4.69, 9.17) is 0 Å². The Labute approximate surface area is 197 Å². The predicted octanol–water partition coefficient (Wildman–Crippen LogP) is 3.81. The average Bonchev–Trinajstić information content (AvgIpc) is 2.79. The molecule has 0 unspecified atom stereocenters. The number of sulfonamides is 1. The van der Waals surface area contributed by atoms with Crippen molar-refractivity contribution in [2.24, 2.45) is 0 Å². The van der Waals surface area contributed by atoms with Crippen LogP contribution in [-0.2, 0) is 19.7 Å². The van der Waals surface area contributed by atoms with Gasteiger partial charge in [-0.1, -0.05) is 18.2 Å². The van der Waals surface area contributed by atoms with Crippen LogP contribution < -0.4 is 10.6 Å². The Kier molecular flexibility index (Phi) is 7.36. The molecular weight excluding hydrogens is 491 g/mol. The minimum absolute atomic E-state index is 0.104. The molecule has 0 bridgehead atoms. The second-order valence-electron chi connectivity index (χ2n) is 6.99. The molecule has 0 saturated heterocycles. The number of benzene rings is 2. The van der Waals surface area contributed by atoms with Gasteiger partial charge in [-0.25, -0.2) is 23.2 Å². The van der Waals surface area contributed by atoms with Crippen LogP contribution in [0.15, 0.2) is 65.8 Å². The van der Waals surface area contributed by atoms with Crippen molar-refractivity contribution < 1.29 is 36.0 Å². The van der Waals surface area contributed by atoms with Crippen LogP contribution in [-0.4, -0.2) is 47.8 Å². The summed E-state index contributed by atoms with van der Waals surface area (Å²) in [6.07, 6.45) is -4.12. The lowest BCUT2D eigenvalue weighted by atomic mass is 10.1. The van der Waals surface area contributed by atoms with Gasteiger partial charge >= 0.3 is 12.1 Å². The lowest BCUT2D eigenvalue weighted by Gasteiger charge is -2.17. The first-order valence-electron chi connectivity index (χ1n) is 9.71. The largest absolute Gasteiger partial charge is 0.492 e. The molecule has 0 aliphatic carbocycles. The van der Waals surface area contributed by atoms with Crippen LogP contribution in [0.25, 0.3) is 0 Å². The lowest BCUT2D eigenvalue weighted by molar-refractivity contribution is -0.219. The molecule has 3 aromatic rings. The number of Topliss-reactive ketones (excluding diaryl/α,β-unsaturated/α-hetero) is 1. The molecule has 35 heavy (non-hydrogen) atoms. The summed E-state index contributed by atoms with van der Waals surface area (Å²) >= 11 is 0. The quantitative estimate of drug-likeness (QED) is 0.344. The molecule has 2 aromatic carbocycles. The maximum Gasteiger partial charge on any atom is 0.492 e. The smallest absolute Gasteiger partial charge is 0.345 e. The molecule has 2 N–H and O–H groups in total. The molecule has 3 rings (SSSR count). The van der Waals surface area contributed by atoms with Crippen molar-refractivity contribution in [1.29, 1.82) is 0 Å². The molecule has 184 valence electrons. The Morgan fingerprint density at radius 3 is 2.09 bits per heavy atom. The maximum absolute atomic E-state index is 12.5. The van der Waals surface area contributed by atoms with E-state index < -0.39 is 27.1 Å². The summed E-state index contributed by atoms with van der Waals surface area (Å²) in [4.78, 5) is 34.1. The zero-order chi connectivity index (χ0) is 25.8. The van der Waals surface area contributed by atoms with Gasteiger partial charge in [-0.05, 0) is 41.7 Å². The van der Waals surface area contributed by atoms with Gasteiger partial charge < -0.3 is 15.5 Å². The fourth-order valence-corrected chi connectivity index (χ4v) is 3.70. The zero-order valence-electron chi connectivity index (χ0n) is 18.2. The van der Waals surface area contributed by atoms with Gasteiger partial charge in [0.1, 0.15) is 18.0 Å². The third kappa shape index (κ3) is 6.51. The number of nitrogens with zero attached hydrogens (tertiary/aromatic N) is 3. The predicted molar refractivity (Wildman–Crippen MR) is 119 cm³/mol. The van der Waals surface area contributed by atoms with Crippen LogP contribution in [0.2, 0.25) is 0 Å². The van der Waals surface area contributed by atoms with E-state index in [1.807, 2.05) is 0 Å². The number of rotatable bonds is 8. The number of hydrogen-bond donors (Lipinski definition) is 2. The number of aromatic nitrogens is 2. The molecule has 0 saturated carbocycles. The summed E-state index contributed by atoms with van der Waals surface area (Å²) < 4.78 is 62.1. The summed E-state index contributed by atoms with van der Waals surface area (Å²) in [5.41, 5.74) is 1.34. The number of carbonyl (C=O) groups is 2. The number of ketones is 1. The molecule has 14 heteroatoms. The Hall–Kier alpha value is -4.04. The van der Waals surface area contributed by atoms with Gasteiger partial charge in [-0.2, -0.15) is 13.2 Å². The summed E-state index contributed by atoms with van der Waals surface area (Å²) in [5, 5.41) is 5.88. The summed E-state index contributed by atoms with van der Waals surface area (Å²) in [6.45, 7) is 1.44. The number of carbonyl (C=O) groups excluding carboxylic acids is 2. The molecular formula is C21H18F3N5O5S. The van der Waals surface area contributed by atoms with Crippen LogP contribution >= 0.6 is 0 Å². The van der Waals surface area contributed by atoms with Crippen molar-refractivity contribution in [1.82, 2.24) is 14.4 Å². The lowest BCUT2D eigenvalue weighted by Crippen LogP contribution is -2.36. The normalized spacial score (nSPS) is 11.7. The molecule has 0 aliphatic rings. The molecule has 1 aromatic heterocycles. The average molecular weight is 509 g/mol. The zero-order valence-corrected chi connectivity index (χ0v) is 19.0. The summed E-state index contributed by atoms with van der Waals surface area (Å²) in [7, 11) is -3.92. The first-order valence-corrected chi connectivity index (χ1v) is 11.2. The molecule has 0 amide bonds. The fraction of sp³-hybridized carbons (Fsp3) is 0.143. The first kappa shape index (κ1) is 25.6. The SMILES string of the molecule is CC(=O)c1cccc(Nc2cc(Nc3cccc(S(=O)(=O)N(C)OC(=O)C(F)(F)F)c3)ncn2)c1. The Morgan fingerprint density at radius 2 is 1.51 bits per heavy atom. The van der Waals surface area contributed by atoms with Gasteiger partial charge in [0.05, 0.1) is 4.90 Å². The Morgan fingerprint density at radius 1 is 0.943 bits per heavy atom. The minimum atomic E-state index is -5.36. The van der Waals surface area contributed by atoms with Crippen molar-refractivity contribution in [2.45, 2.75) is 18.0 Å². The van der Waals surface area contributed by atoms with Crippen LogP contribution in [0.1, 0.15) is 17.3 Å². The number of hydroxylamine groups is 1. The Bertz CT molecular complexity index is 1370. The van der Waals surface area contributed by atoms with E-state index in [1.54, 1.807) is 24.3 Å². The second kappa shape index (κ2) is 10.1. The van der Waals surface area contributed by atoms with Crippen molar-refractivity contribution in [3.05, 3.63) is 66.5 Å². The second-order valence-corrected chi connectivity index (χ2v) is 8.93. The maximum atomic E-state index is 12.5. The van der Waals surface area contributed by atoms with E-state index in [1.165, 1.54) is 31.5 Å². The molecule has 10 nitrogen and oxygen atoms in total. The highest BCUT2D eigenvalue weighted by molar-refractivity contribution is 7.89. The van der Waals surface area contributed by atoms with Gasteiger partial charge in [0, 0.05) is 30.1 Å². The van der Waals surface area contributed by atoms with Crippen molar-refractivity contribution in [3.63, 3.8) is 0 Å². The van der Waals surface area contributed by atoms with E-state index in [0.717, 1.165) is 12.1 Å². The molecule has 0 aliphatic heterocycles. The van der Waals surface area contributed by atoms with Gasteiger partial charge in [0.15, 0.2) is 5.78 Å². The van der Waals surface area contributed by atoms with Gasteiger partial charge in [-0.3, -0.25) is 4.79 Å². The number of halogens is 3. The van der Waals surface area contributed by atoms with Gasteiger partial charge in [0.25, 0.3) is 10.0 Å². The van der Waals surface area contributed by atoms with Crippen LogP contribution in [0, 0.1) is 0 Å². The minimum Gasteiger partial charge on any atom is -0.345 e. The van der Waals surface area contributed by atoms with Crippen molar-refractivity contribution >= 4 is 44.8 Å². The highest BCUT2D eigenvalue weighted by Gasteiger charge is 2.43. The van der Waals surface area contributed by atoms with Crippen molar-refractivity contribution in [2.75, 3.05) is 17.7 Å². The van der Waals surface area contributed by atoms with E-state index in [0.29, 0.717) is 24.1 Å². The number of anilines is 4. The highest BCUT2D eigenvalue weighted by Crippen LogP contribution is 2.25. The van der Waals surface area contributed by atoms with Crippen LogP contribution in [0.3, 0.4) is 0 Å². The topological polar surface area (TPSA) is 131 Å². The van der Waals surface area contributed by atoms with Crippen molar-refractivity contribution in [3.8, 4) is 0 Å². The molecule has 0 radical (unpaired) electrons. The van der Waals surface area contributed by atoms with Gasteiger partial charge in [0.2, 0.25) is 0 Å². The number of alkyl halides is 3. The standard InChI is InChI=1S/C21H18F3N5O5S/c1-13(30)14-5-3-6-15(9-14)27-18-11-19(26-12-25-18)28-16-7-4-8-17(10-16)35(32,33)29(2)34-20(31)21(22,23)24/h3-12H,1-2H3,(H2,25,26,27,28). The summed E-state index contributed by atoms with van der Waals surface area (Å²) in [6, 6.07) is 13.3. The molecule has 0 atom stereocenters. The first-order chi connectivity index (χ1) is 16.4. The number of nitrogens with one attached hydrogen (secondary N) is 2. The fourth-order valence-electron chi connectivity index (χ4n) is 2.71. The molecule has 0 fully saturated rings. The summed E-state index contributed by atoms with van der Waals surface area (Å²) in [5.74, 6) is -2.15. The molecule has 1 heterocycles. The van der Waals surface area contributed by atoms with E-state index >= 15 is 0 Å². The van der Waals surface area contributed by atoms with Crippen LogP contribution in [0.5, 0.6) is 0 Å². The van der Waals surface area contributed by atoms with E-state index in [9.17, 15) is 31.2 Å². The monoisotopic (exact) mass is 509 g/mol. The van der Waals surface area contributed by atoms with Crippen LogP contribution in [0.4, 0.5) is 36.2 Å². The highest BCUT2D eigenvalue weighted by atomic mass is 32.2. The van der Waals surface area contributed by atoms with E-state index in [2.05, 4.69) is 25.4 Å². The van der Waals surface area contributed by atoms with Gasteiger partial charge in [-0.15, -0.1) is 0 Å².